The molecule has 0 bridgehead atoms. The number of halogens is 1. The number of nitrogens with zero attached hydrogens (tertiary/aromatic N) is 2. The Morgan fingerprint density at radius 1 is 0.875 bits per heavy atom. The van der Waals surface area contributed by atoms with E-state index in [1.165, 1.54) is 30.8 Å². The molecule has 32 heavy (non-hydrogen) atoms. The maximum absolute atomic E-state index is 11.5. The molecular formula is C18H27BrN2O9S2. The highest BCUT2D eigenvalue weighted by molar-refractivity contribution is 9.11. The molecule has 0 aromatic carbocycles. The van der Waals surface area contributed by atoms with Crippen LogP contribution in [-0.2, 0) is 23.7 Å². The van der Waals surface area contributed by atoms with Crippen LogP contribution in [0.3, 0.4) is 0 Å². The van der Waals surface area contributed by atoms with Crippen LogP contribution in [-0.4, -0.2) is 95.1 Å². The van der Waals surface area contributed by atoms with Gasteiger partial charge >= 0.3 is 11.9 Å². The highest BCUT2D eigenvalue weighted by Crippen LogP contribution is 2.21. The maximum Gasteiger partial charge on any atom is 0.350 e. The summed E-state index contributed by atoms with van der Waals surface area (Å²) in [6.45, 7) is 2.06. The van der Waals surface area contributed by atoms with Crippen molar-refractivity contribution in [3.63, 3.8) is 0 Å². The normalized spacial score (nSPS) is 9.69. The lowest BCUT2D eigenvalue weighted by atomic mass is 10.6. The summed E-state index contributed by atoms with van der Waals surface area (Å²) in [7, 11) is 6.03. The molecule has 14 heteroatoms. The Bertz CT molecular complexity index is 756. The van der Waals surface area contributed by atoms with E-state index in [1.54, 1.807) is 21.3 Å². The number of methoxy groups -OCH3 is 4. The Balaban J connectivity index is 0.000000538. The first-order chi connectivity index (χ1) is 15.4. The van der Waals surface area contributed by atoms with Gasteiger partial charge in [0, 0.05) is 21.3 Å². The summed E-state index contributed by atoms with van der Waals surface area (Å²) < 4.78 is 29.4. The molecule has 2 aromatic heterocycles. The molecule has 0 amide bonds. The Morgan fingerprint density at radius 3 is 1.97 bits per heavy atom. The number of carbonyl (C=O) groups is 2. The Labute approximate surface area is 202 Å². The largest absolute Gasteiger partial charge is 0.468 e. The topological polar surface area (TPSA) is 136 Å². The predicted octanol–water partition coefficient (Wildman–Crippen LogP) is 2.29. The SMILES string of the molecule is COC(=O)c1cnc(Br)s1.COCCO.COCCOC(=O)c1cnc(OCCOC)s1. The molecular weight excluding hydrogens is 532 g/mol. The fourth-order valence-corrected chi connectivity index (χ4v) is 3.33. The molecule has 1 N–H and O–H groups in total. The van der Waals surface area contributed by atoms with Gasteiger partial charge < -0.3 is 33.5 Å². The Morgan fingerprint density at radius 2 is 1.47 bits per heavy atom. The van der Waals surface area contributed by atoms with Gasteiger partial charge in [-0.1, -0.05) is 11.3 Å². The minimum absolute atomic E-state index is 0.122. The minimum Gasteiger partial charge on any atom is -0.468 e. The molecule has 0 radical (unpaired) electrons. The number of hydrogen-bond donors (Lipinski definition) is 1. The number of esters is 2. The number of ether oxygens (including phenoxy) is 6. The van der Waals surface area contributed by atoms with Crippen LogP contribution in [0.5, 0.6) is 5.19 Å². The van der Waals surface area contributed by atoms with Crippen molar-refractivity contribution in [1.82, 2.24) is 9.97 Å². The predicted molar refractivity (Wildman–Crippen MR) is 122 cm³/mol. The zero-order chi connectivity index (χ0) is 24.2. The number of aliphatic hydroxyl groups is 1. The highest BCUT2D eigenvalue weighted by atomic mass is 79.9. The lowest BCUT2D eigenvalue weighted by molar-refractivity contribution is 0.0393. The molecule has 0 saturated carbocycles. The summed E-state index contributed by atoms with van der Waals surface area (Å²) in [5.41, 5.74) is 0. The third-order valence-corrected chi connectivity index (χ3v) is 5.22. The molecule has 0 unspecified atom stereocenters. The van der Waals surface area contributed by atoms with Crippen molar-refractivity contribution >= 4 is 50.5 Å². The minimum atomic E-state index is -0.416. The van der Waals surface area contributed by atoms with Gasteiger partial charge in [0.15, 0.2) is 3.92 Å². The molecule has 0 aliphatic heterocycles. The fraction of sp³-hybridized carbons (Fsp3) is 0.556. The lowest BCUT2D eigenvalue weighted by Crippen LogP contribution is -2.08. The molecule has 11 nitrogen and oxygen atoms in total. The van der Waals surface area contributed by atoms with Crippen molar-refractivity contribution in [2.45, 2.75) is 0 Å². The summed E-state index contributed by atoms with van der Waals surface area (Å²) in [5.74, 6) is -0.760. The van der Waals surface area contributed by atoms with Gasteiger partial charge in [0.1, 0.15) is 23.0 Å². The molecule has 0 fully saturated rings. The van der Waals surface area contributed by atoms with Crippen LogP contribution in [0.15, 0.2) is 16.3 Å². The fourth-order valence-electron chi connectivity index (χ4n) is 1.46. The maximum atomic E-state index is 11.5. The van der Waals surface area contributed by atoms with Crippen LogP contribution >= 0.6 is 38.6 Å². The summed E-state index contributed by atoms with van der Waals surface area (Å²) in [5, 5.41) is 8.37. The van der Waals surface area contributed by atoms with E-state index in [0.29, 0.717) is 45.3 Å². The van der Waals surface area contributed by atoms with Crippen LogP contribution in [0.1, 0.15) is 19.3 Å². The van der Waals surface area contributed by atoms with E-state index < -0.39 is 5.97 Å². The Hall–Kier alpha value is -1.68. The monoisotopic (exact) mass is 558 g/mol. The third-order valence-electron chi connectivity index (χ3n) is 2.88. The van der Waals surface area contributed by atoms with E-state index in [2.05, 4.69) is 35.4 Å². The number of carbonyl (C=O) groups excluding carboxylic acids is 2. The van der Waals surface area contributed by atoms with Gasteiger partial charge in [0.2, 0.25) is 0 Å². The van der Waals surface area contributed by atoms with Gasteiger partial charge in [0.25, 0.3) is 5.19 Å². The van der Waals surface area contributed by atoms with Crippen molar-refractivity contribution < 1.29 is 43.1 Å². The summed E-state index contributed by atoms with van der Waals surface area (Å²) >= 11 is 5.53. The second kappa shape index (κ2) is 20.0. The highest BCUT2D eigenvalue weighted by Gasteiger charge is 2.12. The standard InChI is InChI=1S/C10H15NO5S.C5H4BrNO2S.C3H8O2/c1-13-3-5-15-9(12)8-7-11-10(17-8)16-6-4-14-2;1-9-4(8)3-2-7-5(6)10-3;1-5-3-2-4/h7H,3-6H2,1-2H3;2H,1H3;4H,2-3H2,1H3. The third kappa shape index (κ3) is 14.4. The number of thiazole rings is 2. The summed E-state index contributed by atoms with van der Waals surface area (Å²) in [4.78, 5) is 30.9. The zero-order valence-electron chi connectivity index (χ0n) is 18.2. The quantitative estimate of drug-likeness (QED) is 0.321. The lowest BCUT2D eigenvalue weighted by Gasteiger charge is -2.01. The molecule has 0 aliphatic carbocycles. The molecule has 2 aromatic rings. The molecule has 2 rings (SSSR count). The first-order valence-electron chi connectivity index (χ1n) is 8.96. The zero-order valence-corrected chi connectivity index (χ0v) is 21.4. The van der Waals surface area contributed by atoms with E-state index in [-0.39, 0.29) is 19.2 Å². The second-order valence-corrected chi connectivity index (χ2v) is 8.45. The van der Waals surface area contributed by atoms with Crippen molar-refractivity contribution in [1.29, 1.82) is 0 Å². The first-order valence-corrected chi connectivity index (χ1v) is 11.4. The van der Waals surface area contributed by atoms with Crippen molar-refractivity contribution in [2.75, 3.05) is 68.1 Å². The van der Waals surface area contributed by atoms with Gasteiger partial charge in [0.05, 0.1) is 45.9 Å². The van der Waals surface area contributed by atoms with Gasteiger partial charge in [-0.05, 0) is 15.9 Å². The summed E-state index contributed by atoms with van der Waals surface area (Å²) in [6.07, 6.45) is 2.91. The van der Waals surface area contributed by atoms with Crippen LogP contribution in [0.25, 0.3) is 0 Å². The molecule has 0 spiro atoms. The molecule has 2 heterocycles. The average Bonchev–Trinajstić information content (AvgIpc) is 3.44. The van der Waals surface area contributed by atoms with E-state index >= 15 is 0 Å². The van der Waals surface area contributed by atoms with Crippen molar-refractivity contribution in [3.05, 3.63) is 26.1 Å². The van der Waals surface area contributed by atoms with E-state index in [9.17, 15) is 9.59 Å². The number of aromatic nitrogens is 2. The number of aliphatic hydroxyl groups excluding tert-OH is 1. The average molecular weight is 559 g/mol. The van der Waals surface area contributed by atoms with Crippen LogP contribution in [0.4, 0.5) is 0 Å². The van der Waals surface area contributed by atoms with Crippen LogP contribution in [0.2, 0.25) is 0 Å². The van der Waals surface area contributed by atoms with Crippen molar-refractivity contribution in [3.8, 4) is 5.19 Å². The van der Waals surface area contributed by atoms with Crippen molar-refractivity contribution in [2.24, 2.45) is 0 Å². The van der Waals surface area contributed by atoms with E-state index in [0.717, 1.165) is 11.3 Å². The van der Waals surface area contributed by atoms with Gasteiger partial charge in [-0.2, -0.15) is 0 Å². The number of hydrogen-bond acceptors (Lipinski definition) is 13. The van der Waals surface area contributed by atoms with Crippen LogP contribution < -0.4 is 4.74 Å². The van der Waals surface area contributed by atoms with Gasteiger partial charge in [-0.3, -0.25) is 0 Å². The van der Waals surface area contributed by atoms with Crippen LogP contribution in [0, 0.1) is 0 Å². The van der Waals surface area contributed by atoms with E-state index in [1.807, 2.05) is 0 Å². The Kier molecular flexibility index (Phi) is 18.9. The smallest absolute Gasteiger partial charge is 0.350 e. The van der Waals surface area contributed by atoms with Gasteiger partial charge in [-0.15, -0.1) is 11.3 Å². The second-order valence-electron chi connectivity index (χ2n) is 5.15. The summed E-state index contributed by atoms with van der Waals surface area (Å²) in [6, 6.07) is 0. The first kappa shape index (κ1) is 30.3. The molecule has 182 valence electrons. The molecule has 0 saturated heterocycles. The molecule has 0 aliphatic rings. The van der Waals surface area contributed by atoms with E-state index in [4.69, 9.17) is 24.1 Å². The van der Waals surface area contributed by atoms with Gasteiger partial charge in [-0.25, -0.2) is 19.6 Å². The number of rotatable bonds is 11. The molecule has 0 atom stereocenters.